The van der Waals surface area contributed by atoms with Crippen molar-refractivity contribution in [2.24, 2.45) is 0 Å². The molecule has 122 valence electrons. The Labute approximate surface area is 137 Å². The minimum Gasteiger partial charge on any atom is -0.486 e. The molecular weight excluding hydrogens is 290 g/mol. The van der Waals surface area contributed by atoms with Gasteiger partial charge < -0.3 is 19.9 Å². The summed E-state index contributed by atoms with van der Waals surface area (Å²) in [4.78, 5) is 0. The molecule has 1 aliphatic rings. The van der Waals surface area contributed by atoms with Crippen molar-refractivity contribution in [2.75, 3.05) is 26.4 Å². The molecule has 0 amide bonds. The number of fused-ring (bicyclic) bond motifs is 1. The van der Waals surface area contributed by atoms with Crippen LogP contribution in [0, 0.1) is 0 Å². The van der Waals surface area contributed by atoms with E-state index < -0.39 is 0 Å². The van der Waals surface area contributed by atoms with Gasteiger partial charge in [0.05, 0.1) is 0 Å². The molecule has 0 aromatic heterocycles. The number of aliphatic hydroxyl groups is 1. The first kappa shape index (κ1) is 15.8. The first-order valence-corrected chi connectivity index (χ1v) is 8.12. The molecular formula is C19H23NO3. The topological polar surface area (TPSA) is 50.7 Å². The van der Waals surface area contributed by atoms with Gasteiger partial charge >= 0.3 is 0 Å². The van der Waals surface area contributed by atoms with Crippen LogP contribution in [0.15, 0.2) is 48.5 Å². The van der Waals surface area contributed by atoms with Crippen LogP contribution in [0.4, 0.5) is 0 Å². The molecule has 2 N–H and O–H groups in total. The van der Waals surface area contributed by atoms with E-state index in [1.807, 2.05) is 30.3 Å². The van der Waals surface area contributed by atoms with Crippen molar-refractivity contribution in [1.82, 2.24) is 5.32 Å². The van der Waals surface area contributed by atoms with E-state index in [1.54, 1.807) is 0 Å². The highest BCUT2D eigenvalue weighted by Gasteiger charge is 2.16. The summed E-state index contributed by atoms with van der Waals surface area (Å²) in [5.41, 5.74) is 2.36. The third-order valence-electron chi connectivity index (χ3n) is 4.10. The van der Waals surface area contributed by atoms with E-state index in [2.05, 4.69) is 23.5 Å². The smallest absolute Gasteiger partial charge is 0.165 e. The molecule has 0 fully saturated rings. The van der Waals surface area contributed by atoms with Crippen molar-refractivity contribution in [3.8, 4) is 11.5 Å². The zero-order valence-electron chi connectivity index (χ0n) is 13.2. The second-order valence-corrected chi connectivity index (χ2v) is 5.69. The molecule has 0 aliphatic carbocycles. The lowest BCUT2D eigenvalue weighted by Gasteiger charge is -2.22. The fourth-order valence-corrected chi connectivity index (χ4v) is 2.92. The quantitative estimate of drug-likeness (QED) is 0.825. The van der Waals surface area contributed by atoms with Gasteiger partial charge in [-0.25, -0.2) is 0 Å². The molecule has 1 heterocycles. The Balaban J connectivity index is 1.62. The molecule has 23 heavy (non-hydrogen) atoms. The van der Waals surface area contributed by atoms with Gasteiger partial charge in [0.2, 0.25) is 0 Å². The Bertz CT molecular complexity index is 615. The van der Waals surface area contributed by atoms with Crippen LogP contribution in [-0.4, -0.2) is 31.5 Å². The summed E-state index contributed by atoms with van der Waals surface area (Å²) >= 11 is 0. The fraction of sp³-hybridized carbons (Fsp3) is 0.368. The van der Waals surface area contributed by atoms with Crippen molar-refractivity contribution in [3.05, 3.63) is 59.7 Å². The Morgan fingerprint density at radius 1 is 1.00 bits per heavy atom. The normalized spacial score (nSPS) is 14.5. The van der Waals surface area contributed by atoms with Crippen LogP contribution in [0.3, 0.4) is 0 Å². The minimum absolute atomic E-state index is 0.193. The highest BCUT2D eigenvalue weighted by atomic mass is 16.6. The molecule has 0 saturated carbocycles. The summed E-state index contributed by atoms with van der Waals surface area (Å²) in [5, 5.41) is 12.8. The lowest BCUT2D eigenvalue weighted by Crippen LogP contribution is -2.23. The number of hydrogen-bond donors (Lipinski definition) is 2. The third-order valence-corrected chi connectivity index (χ3v) is 4.10. The van der Waals surface area contributed by atoms with Gasteiger partial charge in [-0.15, -0.1) is 0 Å². The third kappa shape index (κ3) is 4.03. The van der Waals surface area contributed by atoms with Gasteiger partial charge in [-0.05, 0) is 24.0 Å². The second kappa shape index (κ2) is 7.99. The maximum atomic E-state index is 9.31. The first-order valence-electron chi connectivity index (χ1n) is 8.12. The zero-order chi connectivity index (χ0) is 15.9. The minimum atomic E-state index is 0.193. The lowest BCUT2D eigenvalue weighted by atomic mass is 9.96. The van der Waals surface area contributed by atoms with Crippen LogP contribution >= 0.6 is 0 Å². The van der Waals surface area contributed by atoms with Crippen LogP contribution in [0.5, 0.6) is 11.5 Å². The summed E-state index contributed by atoms with van der Waals surface area (Å²) in [7, 11) is 0. The van der Waals surface area contributed by atoms with Crippen molar-refractivity contribution in [2.45, 2.75) is 18.9 Å². The van der Waals surface area contributed by atoms with Gasteiger partial charge in [0, 0.05) is 25.3 Å². The molecule has 1 aliphatic heterocycles. The van der Waals surface area contributed by atoms with E-state index in [1.165, 1.54) is 5.56 Å². The monoisotopic (exact) mass is 313 g/mol. The molecule has 4 heteroatoms. The highest BCUT2D eigenvalue weighted by molar-refractivity contribution is 5.47. The number of ether oxygens (including phenoxy) is 2. The summed E-state index contributed by atoms with van der Waals surface area (Å²) in [6.45, 7) is 2.94. The lowest BCUT2D eigenvalue weighted by molar-refractivity contribution is 0.169. The predicted molar refractivity (Wildman–Crippen MR) is 90.0 cm³/mol. The number of benzene rings is 2. The molecule has 4 nitrogen and oxygen atoms in total. The standard InChI is InChI=1S/C19H23NO3/c21-10-9-16(15-5-2-1-3-6-15)13-20-14-17-7-4-8-18-19(17)23-12-11-22-18/h1-8,16,20-21H,9-14H2. The Hall–Kier alpha value is -2.04. The molecule has 0 radical (unpaired) electrons. The van der Waals surface area contributed by atoms with Gasteiger partial charge in [-0.1, -0.05) is 42.5 Å². The van der Waals surface area contributed by atoms with Crippen molar-refractivity contribution < 1.29 is 14.6 Å². The van der Waals surface area contributed by atoms with E-state index in [0.717, 1.165) is 36.6 Å². The predicted octanol–water partition coefficient (Wildman–Crippen LogP) is 2.71. The molecule has 0 saturated heterocycles. The van der Waals surface area contributed by atoms with E-state index in [4.69, 9.17) is 9.47 Å². The first-order chi connectivity index (χ1) is 11.4. The summed E-state index contributed by atoms with van der Waals surface area (Å²) in [5.74, 6) is 1.98. The van der Waals surface area contributed by atoms with Crippen molar-refractivity contribution >= 4 is 0 Å². The maximum absolute atomic E-state index is 9.31. The number of para-hydroxylation sites is 1. The molecule has 1 unspecified atom stereocenters. The van der Waals surface area contributed by atoms with Crippen molar-refractivity contribution in [3.63, 3.8) is 0 Å². The van der Waals surface area contributed by atoms with Crippen LogP contribution in [-0.2, 0) is 6.54 Å². The summed E-state index contributed by atoms with van der Waals surface area (Å²) in [6.07, 6.45) is 0.753. The molecule has 3 rings (SSSR count). The van der Waals surface area contributed by atoms with E-state index >= 15 is 0 Å². The number of rotatable bonds is 7. The van der Waals surface area contributed by atoms with E-state index in [-0.39, 0.29) is 6.61 Å². The second-order valence-electron chi connectivity index (χ2n) is 5.69. The van der Waals surface area contributed by atoms with E-state index in [9.17, 15) is 5.11 Å². The Kier molecular flexibility index (Phi) is 5.51. The van der Waals surface area contributed by atoms with Gasteiger partial charge in [0.25, 0.3) is 0 Å². The van der Waals surface area contributed by atoms with E-state index in [0.29, 0.717) is 19.1 Å². The molecule has 2 aromatic rings. The van der Waals surface area contributed by atoms with Gasteiger partial charge in [0.1, 0.15) is 13.2 Å². The van der Waals surface area contributed by atoms with Crippen LogP contribution in [0.1, 0.15) is 23.5 Å². The van der Waals surface area contributed by atoms with Crippen LogP contribution in [0.25, 0.3) is 0 Å². The molecule has 0 bridgehead atoms. The molecule has 2 aromatic carbocycles. The number of aliphatic hydroxyl groups excluding tert-OH is 1. The maximum Gasteiger partial charge on any atom is 0.165 e. The largest absolute Gasteiger partial charge is 0.486 e. The fourth-order valence-electron chi connectivity index (χ4n) is 2.92. The SMILES string of the molecule is OCCC(CNCc1cccc2c1OCCO2)c1ccccc1. The Morgan fingerprint density at radius 3 is 2.65 bits per heavy atom. The average molecular weight is 313 g/mol. The average Bonchev–Trinajstić information content (AvgIpc) is 2.62. The number of nitrogens with one attached hydrogen (secondary N) is 1. The van der Waals surface area contributed by atoms with Gasteiger partial charge in [-0.3, -0.25) is 0 Å². The molecule has 1 atom stereocenters. The Morgan fingerprint density at radius 2 is 1.83 bits per heavy atom. The van der Waals surface area contributed by atoms with Crippen molar-refractivity contribution in [1.29, 1.82) is 0 Å². The van der Waals surface area contributed by atoms with Crippen LogP contribution < -0.4 is 14.8 Å². The summed E-state index contributed by atoms with van der Waals surface area (Å²) < 4.78 is 11.4. The van der Waals surface area contributed by atoms with Gasteiger partial charge in [-0.2, -0.15) is 0 Å². The van der Waals surface area contributed by atoms with Crippen LogP contribution in [0.2, 0.25) is 0 Å². The number of hydrogen-bond acceptors (Lipinski definition) is 4. The summed E-state index contributed by atoms with van der Waals surface area (Å²) in [6, 6.07) is 16.3. The highest BCUT2D eigenvalue weighted by Crippen LogP contribution is 2.33. The van der Waals surface area contributed by atoms with Gasteiger partial charge in [0.15, 0.2) is 11.5 Å². The zero-order valence-corrected chi connectivity index (χ0v) is 13.2. The molecule has 0 spiro atoms.